The maximum absolute atomic E-state index is 10.5. The third-order valence-electron chi connectivity index (χ3n) is 1.94. The number of aromatic nitrogens is 1. The van der Waals surface area contributed by atoms with Crippen LogP contribution >= 0.6 is 11.6 Å². The van der Waals surface area contributed by atoms with E-state index >= 15 is 0 Å². The monoisotopic (exact) mass is 214 g/mol. The molecule has 0 amide bonds. The summed E-state index contributed by atoms with van der Waals surface area (Å²) in [7, 11) is 0. The Labute approximate surface area is 87.1 Å². The highest BCUT2D eigenvalue weighted by Crippen LogP contribution is 2.24. The van der Waals surface area contributed by atoms with Crippen molar-refractivity contribution in [3.63, 3.8) is 0 Å². The molecule has 0 saturated carbocycles. The number of nitrogens with zero attached hydrogens (tertiary/aromatic N) is 2. The van der Waals surface area contributed by atoms with Gasteiger partial charge in [0.2, 0.25) is 5.15 Å². The molecule has 0 fully saturated rings. The van der Waals surface area contributed by atoms with E-state index in [0.29, 0.717) is 0 Å². The number of pyridine rings is 1. The predicted molar refractivity (Wildman–Crippen MR) is 54.6 cm³/mol. The van der Waals surface area contributed by atoms with Crippen molar-refractivity contribution in [1.29, 1.82) is 0 Å². The van der Waals surface area contributed by atoms with E-state index in [1.165, 1.54) is 6.07 Å². The number of aryl methyl sites for hydroxylation is 2. The van der Waals surface area contributed by atoms with Crippen LogP contribution in [0, 0.1) is 17.0 Å². The number of hydrogen-bond acceptors (Lipinski definition) is 3. The third-order valence-corrected chi connectivity index (χ3v) is 2.21. The van der Waals surface area contributed by atoms with Crippen LogP contribution in [0.2, 0.25) is 5.15 Å². The van der Waals surface area contributed by atoms with Gasteiger partial charge in [-0.25, -0.2) is 4.98 Å². The zero-order valence-electron chi connectivity index (χ0n) is 8.08. The van der Waals surface area contributed by atoms with Crippen molar-refractivity contribution in [2.24, 2.45) is 0 Å². The van der Waals surface area contributed by atoms with Crippen molar-refractivity contribution in [3.05, 3.63) is 32.6 Å². The molecule has 0 aliphatic rings. The minimum Gasteiger partial charge on any atom is -0.258 e. The third kappa shape index (κ3) is 2.20. The standard InChI is InChI=1S/C9H11ClN2O2/c1-3-4-7-6(2)5-8(12(13)14)9(10)11-7/h5H,3-4H2,1-2H3. The maximum atomic E-state index is 10.5. The molecule has 4 nitrogen and oxygen atoms in total. The fourth-order valence-corrected chi connectivity index (χ4v) is 1.46. The Balaban J connectivity index is 3.17. The van der Waals surface area contributed by atoms with Crippen LogP contribution in [0.3, 0.4) is 0 Å². The molecule has 0 aromatic carbocycles. The summed E-state index contributed by atoms with van der Waals surface area (Å²) >= 11 is 5.68. The summed E-state index contributed by atoms with van der Waals surface area (Å²) in [5.74, 6) is 0. The zero-order chi connectivity index (χ0) is 10.7. The first-order chi connectivity index (χ1) is 6.56. The van der Waals surface area contributed by atoms with Gasteiger partial charge >= 0.3 is 5.69 Å². The van der Waals surface area contributed by atoms with Gasteiger partial charge < -0.3 is 0 Å². The van der Waals surface area contributed by atoms with Crippen LogP contribution < -0.4 is 0 Å². The molecule has 1 rings (SSSR count). The van der Waals surface area contributed by atoms with Crippen molar-refractivity contribution < 1.29 is 4.92 Å². The van der Waals surface area contributed by atoms with E-state index in [4.69, 9.17) is 11.6 Å². The Morgan fingerprint density at radius 1 is 1.64 bits per heavy atom. The number of rotatable bonds is 3. The van der Waals surface area contributed by atoms with Gasteiger partial charge in [0.1, 0.15) is 0 Å². The average molecular weight is 215 g/mol. The van der Waals surface area contributed by atoms with E-state index in [-0.39, 0.29) is 10.8 Å². The summed E-state index contributed by atoms with van der Waals surface area (Å²) in [5, 5.41) is 10.5. The fraction of sp³-hybridized carbons (Fsp3) is 0.444. The van der Waals surface area contributed by atoms with Crippen LogP contribution in [0.1, 0.15) is 24.6 Å². The van der Waals surface area contributed by atoms with Crippen LogP contribution in [-0.2, 0) is 6.42 Å². The van der Waals surface area contributed by atoms with Crippen molar-refractivity contribution >= 4 is 17.3 Å². The lowest BCUT2D eigenvalue weighted by Crippen LogP contribution is -1.98. The molecule has 14 heavy (non-hydrogen) atoms. The topological polar surface area (TPSA) is 56.0 Å². The Kier molecular flexibility index (Phi) is 3.41. The average Bonchev–Trinajstić information content (AvgIpc) is 2.10. The van der Waals surface area contributed by atoms with Gasteiger partial charge in [-0.1, -0.05) is 24.9 Å². The minimum absolute atomic E-state index is 0.0240. The normalized spacial score (nSPS) is 10.2. The van der Waals surface area contributed by atoms with Gasteiger partial charge in [-0.2, -0.15) is 0 Å². The van der Waals surface area contributed by atoms with E-state index in [1.54, 1.807) is 6.92 Å². The molecule has 1 heterocycles. The smallest absolute Gasteiger partial charge is 0.258 e. The lowest BCUT2D eigenvalue weighted by Gasteiger charge is -2.03. The van der Waals surface area contributed by atoms with Crippen LogP contribution in [0.5, 0.6) is 0 Å². The first-order valence-corrected chi connectivity index (χ1v) is 4.74. The number of halogens is 1. The molecule has 0 N–H and O–H groups in total. The largest absolute Gasteiger partial charge is 0.306 e. The first kappa shape index (κ1) is 10.9. The van der Waals surface area contributed by atoms with Crippen molar-refractivity contribution in [2.75, 3.05) is 0 Å². The van der Waals surface area contributed by atoms with E-state index in [9.17, 15) is 10.1 Å². The van der Waals surface area contributed by atoms with Crippen LogP contribution in [0.25, 0.3) is 0 Å². The summed E-state index contributed by atoms with van der Waals surface area (Å²) in [5.41, 5.74) is 1.54. The molecule has 0 atom stereocenters. The zero-order valence-corrected chi connectivity index (χ0v) is 8.84. The molecular weight excluding hydrogens is 204 g/mol. The summed E-state index contributed by atoms with van der Waals surface area (Å²) in [6.07, 6.45) is 1.74. The Bertz CT molecular complexity index is 366. The highest BCUT2D eigenvalue weighted by molar-refractivity contribution is 6.31. The van der Waals surface area contributed by atoms with Crippen LogP contribution in [0.4, 0.5) is 5.69 Å². The highest BCUT2D eigenvalue weighted by atomic mass is 35.5. The molecule has 0 spiro atoms. The second-order valence-electron chi connectivity index (χ2n) is 3.07. The van der Waals surface area contributed by atoms with Gasteiger partial charge in [-0.15, -0.1) is 0 Å². The van der Waals surface area contributed by atoms with Gasteiger partial charge in [-0.05, 0) is 18.9 Å². The number of hydrogen-bond donors (Lipinski definition) is 0. The first-order valence-electron chi connectivity index (χ1n) is 4.36. The molecule has 0 bridgehead atoms. The maximum Gasteiger partial charge on any atom is 0.306 e. The second kappa shape index (κ2) is 4.37. The van der Waals surface area contributed by atoms with Crippen molar-refractivity contribution in [1.82, 2.24) is 4.98 Å². The van der Waals surface area contributed by atoms with Crippen LogP contribution in [0.15, 0.2) is 6.07 Å². The SMILES string of the molecule is CCCc1nc(Cl)c([N+](=O)[O-])cc1C. The molecule has 0 unspecified atom stereocenters. The highest BCUT2D eigenvalue weighted by Gasteiger charge is 2.15. The Hall–Kier alpha value is -1.16. The minimum atomic E-state index is -0.516. The van der Waals surface area contributed by atoms with Gasteiger partial charge in [0.05, 0.1) is 4.92 Å². The summed E-state index contributed by atoms with van der Waals surface area (Å²) in [4.78, 5) is 14.0. The van der Waals surface area contributed by atoms with Crippen LogP contribution in [-0.4, -0.2) is 9.91 Å². The van der Waals surface area contributed by atoms with E-state index in [2.05, 4.69) is 4.98 Å². The lowest BCUT2D eigenvalue weighted by molar-refractivity contribution is -0.385. The summed E-state index contributed by atoms with van der Waals surface area (Å²) in [6, 6.07) is 1.47. The molecule has 1 aromatic heterocycles. The van der Waals surface area contributed by atoms with Crippen molar-refractivity contribution in [3.8, 4) is 0 Å². The fourth-order valence-electron chi connectivity index (χ4n) is 1.23. The molecule has 0 radical (unpaired) electrons. The van der Waals surface area contributed by atoms with Gasteiger partial charge in [-0.3, -0.25) is 10.1 Å². The van der Waals surface area contributed by atoms with E-state index in [1.807, 2.05) is 6.92 Å². The van der Waals surface area contributed by atoms with E-state index < -0.39 is 4.92 Å². The van der Waals surface area contributed by atoms with Gasteiger partial charge in [0.25, 0.3) is 0 Å². The molecule has 0 aliphatic carbocycles. The molecule has 0 saturated heterocycles. The second-order valence-corrected chi connectivity index (χ2v) is 3.43. The molecular formula is C9H11ClN2O2. The molecule has 76 valence electrons. The predicted octanol–water partition coefficient (Wildman–Crippen LogP) is 2.90. The van der Waals surface area contributed by atoms with Crippen molar-refractivity contribution in [2.45, 2.75) is 26.7 Å². The molecule has 0 aliphatic heterocycles. The summed E-state index contributed by atoms with van der Waals surface area (Å²) in [6.45, 7) is 3.83. The summed E-state index contributed by atoms with van der Waals surface area (Å²) < 4.78 is 0. The van der Waals surface area contributed by atoms with E-state index in [0.717, 1.165) is 24.1 Å². The Morgan fingerprint density at radius 3 is 2.79 bits per heavy atom. The number of nitro groups is 1. The Morgan fingerprint density at radius 2 is 2.29 bits per heavy atom. The van der Waals surface area contributed by atoms with Gasteiger partial charge in [0.15, 0.2) is 0 Å². The van der Waals surface area contributed by atoms with Gasteiger partial charge in [0, 0.05) is 11.8 Å². The quantitative estimate of drug-likeness (QED) is 0.442. The molecule has 5 heteroatoms. The molecule has 1 aromatic rings. The lowest BCUT2D eigenvalue weighted by atomic mass is 10.1.